The van der Waals surface area contributed by atoms with Crippen LogP contribution in [0.5, 0.6) is 5.75 Å². The molecule has 1 aliphatic heterocycles. The Morgan fingerprint density at radius 2 is 1.85 bits per heavy atom. The van der Waals surface area contributed by atoms with Crippen molar-refractivity contribution in [1.29, 1.82) is 0 Å². The maximum absolute atomic E-state index is 10.9. The summed E-state index contributed by atoms with van der Waals surface area (Å²) in [6, 6.07) is 3.49. The number of halogens is 1. The Labute approximate surface area is 125 Å². The largest absolute Gasteiger partial charge is 0.493 e. The molecule has 0 aliphatic carbocycles. The second-order valence-electron chi connectivity index (χ2n) is 4.51. The second-order valence-corrected chi connectivity index (χ2v) is 4.85. The Morgan fingerprint density at radius 3 is 2.15 bits per heavy atom. The van der Waals surface area contributed by atoms with Gasteiger partial charge < -0.3 is 14.8 Å². The number of carbonyl (C=O) groups excluding carboxylic acids is 1. The molecule has 0 spiro atoms. The fraction of sp³-hybridized carbons (Fsp3) is 0.533. The Bertz CT molecular complexity index is 410. The Kier molecular flexibility index (Phi) is 7.59. The van der Waals surface area contributed by atoms with Crippen LogP contribution in [0, 0.1) is 13.8 Å². The highest BCUT2D eigenvalue weighted by Crippen LogP contribution is 2.25. The van der Waals surface area contributed by atoms with Gasteiger partial charge in [0, 0.05) is 18.7 Å². The van der Waals surface area contributed by atoms with Gasteiger partial charge in [0.25, 0.3) is 5.24 Å². The molecule has 1 saturated heterocycles. The first-order chi connectivity index (χ1) is 9.56. The molecule has 0 saturated carbocycles. The molecule has 2 rings (SSSR count). The van der Waals surface area contributed by atoms with Crippen molar-refractivity contribution in [2.45, 2.75) is 20.8 Å². The Morgan fingerprint density at radius 1 is 1.30 bits per heavy atom. The van der Waals surface area contributed by atoms with Gasteiger partial charge in [0.05, 0.1) is 19.8 Å². The number of ether oxygens (including phenoxy) is 2. The van der Waals surface area contributed by atoms with Gasteiger partial charge in [-0.25, -0.2) is 0 Å². The van der Waals surface area contributed by atoms with E-state index >= 15 is 0 Å². The highest BCUT2D eigenvalue weighted by Gasteiger charge is 2.09. The molecule has 0 unspecified atom stereocenters. The van der Waals surface area contributed by atoms with Crippen LogP contribution in [-0.2, 0) is 4.74 Å². The van der Waals surface area contributed by atoms with Crippen molar-refractivity contribution >= 4 is 16.8 Å². The van der Waals surface area contributed by atoms with Crippen LogP contribution in [0.3, 0.4) is 0 Å². The lowest BCUT2D eigenvalue weighted by Gasteiger charge is -2.11. The normalized spacial score (nSPS) is 14.2. The third-order valence-corrected chi connectivity index (χ3v) is 3.04. The van der Waals surface area contributed by atoms with Crippen LogP contribution in [0.4, 0.5) is 0 Å². The summed E-state index contributed by atoms with van der Waals surface area (Å²) in [4.78, 5) is 10.9. The predicted octanol–water partition coefficient (Wildman–Crippen LogP) is 2.69. The first kappa shape index (κ1) is 17.0. The van der Waals surface area contributed by atoms with Gasteiger partial charge in [-0.1, -0.05) is 0 Å². The van der Waals surface area contributed by atoms with Crippen LogP contribution in [0.15, 0.2) is 12.1 Å². The molecule has 1 N–H and O–H groups in total. The minimum absolute atomic E-state index is 0.431. The van der Waals surface area contributed by atoms with E-state index in [9.17, 15) is 4.79 Å². The van der Waals surface area contributed by atoms with Gasteiger partial charge in [-0.3, -0.25) is 4.79 Å². The van der Waals surface area contributed by atoms with Crippen LogP contribution in [0.2, 0.25) is 0 Å². The monoisotopic (exact) mass is 299 g/mol. The van der Waals surface area contributed by atoms with E-state index in [1.165, 1.54) is 0 Å². The smallest absolute Gasteiger partial charge is 0.252 e. The summed E-state index contributed by atoms with van der Waals surface area (Å²) in [5.41, 5.74) is 2.40. The molecule has 0 radical (unpaired) electrons. The fourth-order valence-electron chi connectivity index (χ4n) is 1.95. The molecule has 20 heavy (non-hydrogen) atoms. The zero-order chi connectivity index (χ0) is 15.0. The van der Waals surface area contributed by atoms with Gasteiger partial charge in [-0.2, -0.15) is 0 Å². The van der Waals surface area contributed by atoms with E-state index in [4.69, 9.17) is 21.1 Å². The summed E-state index contributed by atoms with van der Waals surface area (Å²) in [5.74, 6) is 0.842. The molecule has 1 heterocycles. The highest BCUT2D eigenvalue weighted by atomic mass is 35.5. The minimum Gasteiger partial charge on any atom is -0.493 e. The van der Waals surface area contributed by atoms with Crippen molar-refractivity contribution in [2.75, 3.05) is 32.9 Å². The quantitative estimate of drug-likeness (QED) is 0.872. The molecule has 0 bridgehead atoms. The fourth-order valence-corrected chi connectivity index (χ4v) is 2.06. The summed E-state index contributed by atoms with van der Waals surface area (Å²) in [6.45, 7) is 10.2. The van der Waals surface area contributed by atoms with E-state index in [2.05, 4.69) is 5.32 Å². The van der Waals surface area contributed by atoms with Crippen molar-refractivity contribution in [1.82, 2.24) is 5.32 Å². The number of carbonyl (C=O) groups is 1. The number of hydrogen-bond donors (Lipinski definition) is 1. The zero-order valence-electron chi connectivity index (χ0n) is 12.3. The average molecular weight is 300 g/mol. The van der Waals surface area contributed by atoms with E-state index in [-0.39, 0.29) is 0 Å². The van der Waals surface area contributed by atoms with Gasteiger partial charge in [-0.15, -0.1) is 0 Å². The van der Waals surface area contributed by atoms with E-state index < -0.39 is 5.24 Å². The maximum Gasteiger partial charge on any atom is 0.252 e. The highest BCUT2D eigenvalue weighted by molar-refractivity contribution is 6.67. The Hall–Kier alpha value is -1.10. The van der Waals surface area contributed by atoms with E-state index in [0.717, 1.165) is 43.2 Å². The lowest BCUT2D eigenvalue weighted by molar-refractivity contribution is 0.108. The predicted molar refractivity (Wildman–Crippen MR) is 81.0 cm³/mol. The zero-order valence-corrected chi connectivity index (χ0v) is 13.0. The first-order valence-electron chi connectivity index (χ1n) is 6.78. The van der Waals surface area contributed by atoms with Crippen molar-refractivity contribution in [3.63, 3.8) is 0 Å². The molecular weight excluding hydrogens is 278 g/mol. The van der Waals surface area contributed by atoms with Gasteiger partial charge in [0.1, 0.15) is 5.75 Å². The van der Waals surface area contributed by atoms with Gasteiger partial charge in [0.15, 0.2) is 0 Å². The van der Waals surface area contributed by atoms with Gasteiger partial charge in [-0.05, 0) is 55.6 Å². The molecule has 1 aliphatic rings. The van der Waals surface area contributed by atoms with Gasteiger partial charge in [0.2, 0.25) is 0 Å². The number of benzene rings is 1. The molecule has 1 aromatic carbocycles. The molecule has 0 amide bonds. The third kappa shape index (κ3) is 5.49. The number of morpholine rings is 1. The van der Waals surface area contributed by atoms with Crippen LogP contribution in [-0.4, -0.2) is 38.2 Å². The molecule has 5 heteroatoms. The third-order valence-electron chi connectivity index (χ3n) is 2.82. The molecular formula is C15H22ClNO3. The van der Waals surface area contributed by atoms with Crippen molar-refractivity contribution < 1.29 is 14.3 Å². The van der Waals surface area contributed by atoms with Crippen molar-refractivity contribution in [3.8, 4) is 5.75 Å². The van der Waals surface area contributed by atoms with Crippen molar-refractivity contribution in [2.24, 2.45) is 0 Å². The standard InChI is InChI=1S/C11H13ClO2.C4H9NO/c1-4-14-10-7(2)5-9(11(12)13)6-8(10)3;1-3-6-4-2-5-1/h5-6H,4H2,1-3H3;5H,1-4H2. The number of hydrogen-bond acceptors (Lipinski definition) is 4. The van der Waals surface area contributed by atoms with E-state index in [1.54, 1.807) is 12.1 Å². The topological polar surface area (TPSA) is 47.6 Å². The lowest BCUT2D eigenvalue weighted by atomic mass is 10.1. The maximum atomic E-state index is 10.9. The van der Waals surface area contributed by atoms with Crippen molar-refractivity contribution in [3.05, 3.63) is 28.8 Å². The summed E-state index contributed by atoms with van der Waals surface area (Å²) >= 11 is 5.40. The van der Waals surface area contributed by atoms with Crippen LogP contribution in [0.1, 0.15) is 28.4 Å². The molecule has 0 aromatic heterocycles. The summed E-state index contributed by atoms with van der Waals surface area (Å²) < 4.78 is 10.5. The molecule has 112 valence electrons. The molecule has 1 aromatic rings. The number of aryl methyl sites for hydroxylation is 2. The summed E-state index contributed by atoms with van der Waals surface area (Å²) in [7, 11) is 0. The first-order valence-corrected chi connectivity index (χ1v) is 7.16. The molecule has 4 nitrogen and oxygen atoms in total. The SMILES string of the molecule is C1COCCN1.CCOc1c(C)cc(C(=O)Cl)cc1C. The van der Waals surface area contributed by atoms with Crippen LogP contribution < -0.4 is 10.1 Å². The number of rotatable bonds is 3. The molecule has 1 fully saturated rings. The van der Waals surface area contributed by atoms with Crippen LogP contribution >= 0.6 is 11.6 Å². The lowest BCUT2D eigenvalue weighted by Crippen LogP contribution is -2.30. The average Bonchev–Trinajstić information content (AvgIpc) is 2.45. The second kappa shape index (κ2) is 8.95. The number of nitrogens with one attached hydrogen (secondary N) is 1. The van der Waals surface area contributed by atoms with E-state index in [1.807, 2.05) is 20.8 Å². The Balaban J connectivity index is 0.000000276. The van der Waals surface area contributed by atoms with Crippen LogP contribution in [0.25, 0.3) is 0 Å². The minimum atomic E-state index is -0.431. The molecule has 0 atom stereocenters. The summed E-state index contributed by atoms with van der Waals surface area (Å²) in [6.07, 6.45) is 0. The van der Waals surface area contributed by atoms with Gasteiger partial charge >= 0.3 is 0 Å². The summed E-state index contributed by atoms with van der Waals surface area (Å²) in [5, 5.41) is 2.73. The van der Waals surface area contributed by atoms with E-state index in [0.29, 0.717) is 12.2 Å².